The predicted molar refractivity (Wildman–Crippen MR) is 120 cm³/mol. The zero-order valence-electron chi connectivity index (χ0n) is 18.6. The van der Waals surface area contributed by atoms with Crippen molar-refractivity contribution in [1.82, 2.24) is 19.8 Å². The molecular formula is C23H28F2N6O. The van der Waals surface area contributed by atoms with Crippen LogP contribution in [0.3, 0.4) is 0 Å². The average Bonchev–Trinajstić information content (AvgIpc) is 2.75. The highest BCUT2D eigenvalue weighted by Crippen LogP contribution is 2.28. The lowest BCUT2D eigenvalue weighted by atomic mass is 10.1. The Bertz CT molecular complexity index is 1030. The number of halogens is 2. The number of carbonyl (C=O) groups excluding carboxylic acids is 1. The van der Waals surface area contributed by atoms with Crippen molar-refractivity contribution in [3.05, 3.63) is 53.0 Å². The van der Waals surface area contributed by atoms with Gasteiger partial charge in [0.1, 0.15) is 11.6 Å². The lowest BCUT2D eigenvalue weighted by molar-refractivity contribution is -0.126. The van der Waals surface area contributed by atoms with Crippen LogP contribution >= 0.6 is 0 Å². The van der Waals surface area contributed by atoms with E-state index >= 15 is 0 Å². The van der Waals surface area contributed by atoms with E-state index in [-0.39, 0.29) is 11.9 Å². The summed E-state index contributed by atoms with van der Waals surface area (Å²) in [4.78, 5) is 27.4. The largest absolute Gasteiger partial charge is 0.365 e. The summed E-state index contributed by atoms with van der Waals surface area (Å²) in [7, 11) is 0. The molecule has 1 aromatic heterocycles. The Kier molecular flexibility index (Phi) is 6.36. The van der Waals surface area contributed by atoms with Gasteiger partial charge in [0.15, 0.2) is 11.6 Å². The van der Waals surface area contributed by atoms with Crippen LogP contribution in [0.2, 0.25) is 0 Å². The Balaban J connectivity index is 1.50. The third kappa shape index (κ3) is 4.88. The van der Waals surface area contributed by atoms with Crippen molar-refractivity contribution in [2.24, 2.45) is 0 Å². The van der Waals surface area contributed by atoms with Crippen molar-refractivity contribution < 1.29 is 13.6 Å². The first-order valence-corrected chi connectivity index (χ1v) is 10.8. The second-order valence-electron chi connectivity index (χ2n) is 8.49. The van der Waals surface area contributed by atoms with Crippen LogP contribution in [0, 0.1) is 11.6 Å². The molecule has 170 valence electrons. The number of nitrogens with one attached hydrogen (secondary N) is 1. The zero-order valence-corrected chi connectivity index (χ0v) is 18.6. The third-order valence-corrected chi connectivity index (χ3v) is 5.62. The molecule has 0 atom stereocenters. The summed E-state index contributed by atoms with van der Waals surface area (Å²) >= 11 is 0. The van der Waals surface area contributed by atoms with Gasteiger partial charge in [-0.15, -0.1) is 0 Å². The van der Waals surface area contributed by atoms with Crippen LogP contribution < -0.4 is 10.2 Å². The molecular weight excluding hydrogens is 414 g/mol. The van der Waals surface area contributed by atoms with Crippen LogP contribution in [0.25, 0.3) is 6.08 Å². The standard InChI is InChI=1S/C23H28F2N6O/c1-15(2)26-22-23(28-20-6-7-31(16(3)32)14-21(20)27-22)30-10-8-29(9-11-30)13-17-4-5-18(24)12-19(17)25/h4-7,12,15H,8-11,13-14H2,1-3H3,(H,26,27). The number of piperazine rings is 1. The molecule has 0 radical (unpaired) electrons. The monoisotopic (exact) mass is 442 g/mol. The summed E-state index contributed by atoms with van der Waals surface area (Å²) in [6.07, 6.45) is 3.57. The van der Waals surface area contributed by atoms with Gasteiger partial charge in [-0.05, 0) is 26.0 Å². The fourth-order valence-electron chi connectivity index (χ4n) is 3.91. The number of rotatable bonds is 5. The Morgan fingerprint density at radius 3 is 2.56 bits per heavy atom. The highest BCUT2D eigenvalue weighted by atomic mass is 19.1. The number of nitrogens with zero attached hydrogens (tertiary/aromatic N) is 5. The number of anilines is 2. The number of amides is 1. The Labute approximate surface area is 186 Å². The summed E-state index contributed by atoms with van der Waals surface area (Å²) in [5.41, 5.74) is 2.03. The summed E-state index contributed by atoms with van der Waals surface area (Å²) in [6, 6.07) is 3.90. The van der Waals surface area contributed by atoms with Crippen molar-refractivity contribution in [2.75, 3.05) is 36.4 Å². The quantitative estimate of drug-likeness (QED) is 0.767. The molecule has 4 rings (SSSR count). The minimum atomic E-state index is -0.562. The van der Waals surface area contributed by atoms with Gasteiger partial charge in [-0.1, -0.05) is 6.07 Å². The number of hydrogen-bond donors (Lipinski definition) is 1. The molecule has 1 aromatic carbocycles. The molecule has 2 aliphatic heterocycles. The smallest absolute Gasteiger partial charge is 0.223 e. The Hall–Kier alpha value is -3.07. The normalized spacial score (nSPS) is 16.4. The van der Waals surface area contributed by atoms with Crippen LogP contribution in [0.4, 0.5) is 20.4 Å². The van der Waals surface area contributed by atoms with Crippen molar-refractivity contribution in [1.29, 1.82) is 0 Å². The molecule has 0 unspecified atom stereocenters. The molecule has 32 heavy (non-hydrogen) atoms. The first kappa shape index (κ1) is 22.1. The first-order valence-electron chi connectivity index (χ1n) is 10.8. The number of benzene rings is 1. The molecule has 1 amide bonds. The fraction of sp³-hybridized carbons (Fsp3) is 0.435. The van der Waals surface area contributed by atoms with E-state index in [1.54, 1.807) is 11.1 Å². The highest BCUT2D eigenvalue weighted by molar-refractivity contribution is 5.77. The molecule has 0 spiro atoms. The number of fused-ring (bicyclic) bond motifs is 1. The van der Waals surface area contributed by atoms with Gasteiger partial charge in [-0.2, -0.15) is 0 Å². The minimum Gasteiger partial charge on any atom is -0.365 e. The van der Waals surface area contributed by atoms with Gasteiger partial charge in [-0.3, -0.25) is 9.69 Å². The number of aromatic nitrogens is 2. The summed E-state index contributed by atoms with van der Waals surface area (Å²) < 4.78 is 27.2. The van der Waals surface area contributed by atoms with Gasteiger partial charge >= 0.3 is 0 Å². The van der Waals surface area contributed by atoms with Gasteiger partial charge in [0.05, 0.1) is 17.9 Å². The molecule has 2 aliphatic rings. The molecule has 0 bridgehead atoms. The van der Waals surface area contributed by atoms with E-state index < -0.39 is 11.6 Å². The maximum absolute atomic E-state index is 14.0. The highest BCUT2D eigenvalue weighted by Gasteiger charge is 2.25. The van der Waals surface area contributed by atoms with Crippen molar-refractivity contribution >= 4 is 23.6 Å². The number of hydrogen-bond acceptors (Lipinski definition) is 6. The Morgan fingerprint density at radius 1 is 1.16 bits per heavy atom. The van der Waals surface area contributed by atoms with E-state index in [2.05, 4.69) is 15.1 Å². The van der Waals surface area contributed by atoms with Gasteiger partial charge < -0.3 is 15.1 Å². The van der Waals surface area contributed by atoms with Crippen LogP contribution in [0.1, 0.15) is 37.7 Å². The summed E-state index contributed by atoms with van der Waals surface area (Å²) in [6.45, 7) is 9.34. The SMILES string of the molecule is CC(=O)N1C=Cc2nc(N3CCN(Cc4ccc(F)cc4F)CC3)c(NC(C)C)nc2C1. The molecule has 0 aliphatic carbocycles. The van der Waals surface area contributed by atoms with Crippen LogP contribution in [0.5, 0.6) is 0 Å². The lowest BCUT2D eigenvalue weighted by Gasteiger charge is -2.36. The first-order chi connectivity index (χ1) is 15.3. The zero-order chi connectivity index (χ0) is 22.8. The van der Waals surface area contributed by atoms with Crippen molar-refractivity contribution in [3.8, 4) is 0 Å². The summed E-state index contributed by atoms with van der Waals surface area (Å²) in [5, 5.41) is 3.39. The third-order valence-electron chi connectivity index (χ3n) is 5.62. The van der Waals surface area contributed by atoms with E-state index in [4.69, 9.17) is 9.97 Å². The van der Waals surface area contributed by atoms with Gasteiger partial charge in [0, 0.05) is 63.5 Å². The average molecular weight is 443 g/mol. The molecule has 1 saturated heterocycles. The second-order valence-corrected chi connectivity index (χ2v) is 8.49. The second kappa shape index (κ2) is 9.20. The molecule has 9 heteroatoms. The lowest BCUT2D eigenvalue weighted by Crippen LogP contribution is -2.46. The maximum atomic E-state index is 14.0. The Morgan fingerprint density at radius 2 is 1.91 bits per heavy atom. The van der Waals surface area contributed by atoms with E-state index in [0.717, 1.165) is 36.4 Å². The molecule has 7 nitrogen and oxygen atoms in total. The molecule has 1 fully saturated rings. The van der Waals surface area contributed by atoms with Gasteiger partial charge in [-0.25, -0.2) is 18.7 Å². The van der Waals surface area contributed by atoms with E-state index in [1.165, 1.54) is 19.1 Å². The predicted octanol–water partition coefficient (Wildman–Crippen LogP) is 3.23. The fourth-order valence-corrected chi connectivity index (χ4v) is 3.91. The van der Waals surface area contributed by atoms with E-state index in [9.17, 15) is 13.6 Å². The molecule has 3 heterocycles. The van der Waals surface area contributed by atoms with E-state index in [0.29, 0.717) is 37.6 Å². The van der Waals surface area contributed by atoms with Gasteiger partial charge in [0.25, 0.3) is 0 Å². The molecule has 0 saturated carbocycles. The van der Waals surface area contributed by atoms with E-state index in [1.807, 2.05) is 19.9 Å². The van der Waals surface area contributed by atoms with Crippen LogP contribution in [-0.4, -0.2) is 57.9 Å². The van der Waals surface area contributed by atoms with Crippen molar-refractivity contribution in [3.63, 3.8) is 0 Å². The molecule has 1 N–H and O–H groups in total. The molecule has 2 aromatic rings. The van der Waals surface area contributed by atoms with Gasteiger partial charge in [0.2, 0.25) is 5.91 Å². The van der Waals surface area contributed by atoms with Crippen molar-refractivity contribution in [2.45, 2.75) is 39.9 Å². The van der Waals surface area contributed by atoms with Crippen LogP contribution in [-0.2, 0) is 17.9 Å². The number of carbonyl (C=O) groups is 1. The van der Waals surface area contributed by atoms with Crippen LogP contribution in [0.15, 0.2) is 24.4 Å². The minimum absolute atomic E-state index is 0.0372. The topological polar surface area (TPSA) is 64.6 Å². The maximum Gasteiger partial charge on any atom is 0.223 e. The summed E-state index contributed by atoms with van der Waals surface area (Å²) in [5.74, 6) is 0.377.